The van der Waals surface area contributed by atoms with E-state index in [1.807, 2.05) is 6.07 Å². The van der Waals surface area contributed by atoms with Crippen LogP contribution in [0.1, 0.15) is 31.2 Å². The minimum absolute atomic E-state index is 0.102. The Kier molecular flexibility index (Phi) is 5.63. The highest BCUT2D eigenvalue weighted by Gasteiger charge is 2.23. The average Bonchev–Trinajstić information content (AvgIpc) is 3.25. The lowest BCUT2D eigenvalue weighted by Crippen LogP contribution is -2.46. The first-order chi connectivity index (χ1) is 13.3. The predicted octanol–water partition coefficient (Wildman–Crippen LogP) is 2.93. The SMILES string of the molecule is O=C(Nc1cc(N2CCN(Cc3ccccc3)CC2)ncn1)C1CCCC1. The fraction of sp³-hybridized carbons (Fsp3) is 0.476. The van der Waals surface area contributed by atoms with Gasteiger partial charge < -0.3 is 10.2 Å². The van der Waals surface area contributed by atoms with Crippen molar-refractivity contribution in [3.05, 3.63) is 48.3 Å². The van der Waals surface area contributed by atoms with Crippen molar-refractivity contribution in [1.82, 2.24) is 14.9 Å². The van der Waals surface area contributed by atoms with Crippen LogP contribution < -0.4 is 10.2 Å². The molecule has 2 aromatic rings. The zero-order chi connectivity index (χ0) is 18.5. The number of anilines is 2. The zero-order valence-corrected chi connectivity index (χ0v) is 15.7. The Balaban J connectivity index is 1.32. The molecule has 2 fully saturated rings. The third-order valence-electron chi connectivity index (χ3n) is 5.58. The number of nitrogens with zero attached hydrogens (tertiary/aromatic N) is 4. The molecule has 1 aliphatic carbocycles. The van der Waals surface area contributed by atoms with Crippen molar-refractivity contribution in [3.63, 3.8) is 0 Å². The molecule has 2 heterocycles. The fourth-order valence-corrected chi connectivity index (χ4v) is 3.98. The average molecular weight is 365 g/mol. The fourth-order valence-electron chi connectivity index (χ4n) is 3.98. The van der Waals surface area contributed by atoms with Crippen LogP contribution in [-0.2, 0) is 11.3 Å². The molecule has 0 radical (unpaired) electrons. The number of piperazine rings is 1. The van der Waals surface area contributed by atoms with E-state index in [2.05, 4.69) is 55.4 Å². The Bertz CT molecular complexity index is 752. The summed E-state index contributed by atoms with van der Waals surface area (Å²) in [5.74, 6) is 1.75. The Hall–Kier alpha value is -2.47. The largest absolute Gasteiger partial charge is 0.354 e. The van der Waals surface area contributed by atoms with Gasteiger partial charge in [0.15, 0.2) is 0 Å². The normalized spacial score (nSPS) is 18.6. The summed E-state index contributed by atoms with van der Waals surface area (Å²) in [4.78, 5) is 25.7. The summed E-state index contributed by atoms with van der Waals surface area (Å²) in [6.45, 7) is 4.85. The van der Waals surface area contributed by atoms with Gasteiger partial charge in [0.05, 0.1) is 0 Å². The number of rotatable bonds is 5. The van der Waals surface area contributed by atoms with Crippen molar-refractivity contribution in [3.8, 4) is 0 Å². The topological polar surface area (TPSA) is 61.4 Å². The molecule has 0 unspecified atom stereocenters. The van der Waals surface area contributed by atoms with E-state index in [1.165, 1.54) is 5.56 Å². The van der Waals surface area contributed by atoms with Crippen LogP contribution in [-0.4, -0.2) is 47.0 Å². The van der Waals surface area contributed by atoms with Crippen molar-refractivity contribution in [1.29, 1.82) is 0 Å². The van der Waals surface area contributed by atoms with Crippen LogP contribution in [0.5, 0.6) is 0 Å². The summed E-state index contributed by atoms with van der Waals surface area (Å²) in [5.41, 5.74) is 1.35. The van der Waals surface area contributed by atoms with Gasteiger partial charge in [-0.25, -0.2) is 9.97 Å². The Morgan fingerprint density at radius 3 is 2.52 bits per heavy atom. The molecule has 1 aromatic heterocycles. The number of nitrogens with one attached hydrogen (secondary N) is 1. The number of carbonyl (C=O) groups excluding carboxylic acids is 1. The van der Waals surface area contributed by atoms with Gasteiger partial charge in [-0.2, -0.15) is 0 Å². The molecule has 0 bridgehead atoms. The molecule has 142 valence electrons. The lowest BCUT2D eigenvalue weighted by molar-refractivity contribution is -0.119. The van der Waals surface area contributed by atoms with E-state index >= 15 is 0 Å². The molecule has 1 aromatic carbocycles. The van der Waals surface area contributed by atoms with Crippen LogP contribution in [0.3, 0.4) is 0 Å². The van der Waals surface area contributed by atoms with E-state index < -0.39 is 0 Å². The maximum atomic E-state index is 12.3. The second-order valence-corrected chi connectivity index (χ2v) is 7.48. The summed E-state index contributed by atoms with van der Waals surface area (Å²) in [5, 5.41) is 2.98. The molecule has 1 saturated carbocycles. The van der Waals surface area contributed by atoms with E-state index in [-0.39, 0.29) is 11.8 Å². The van der Waals surface area contributed by atoms with Gasteiger partial charge in [-0.3, -0.25) is 9.69 Å². The minimum atomic E-state index is 0.102. The summed E-state index contributed by atoms with van der Waals surface area (Å²) >= 11 is 0. The zero-order valence-electron chi connectivity index (χ0n) is 15.7. The first kappa shape index (κ1) is 17.9. The second-order valence-electron chi connectivity index (χ2n) is 7.48. The minimum Gasteiger partial charge on any atom is -0.354 e. The number of carbonyl (C=O) groups is 1. The molecular weight excluding hydrogens is 338 g/mol. The Labute approximate surface area is 160 Å². The van der Waals surface area contributed by atoms with Crippen molar-refractivity contribution in [2.75, 3.05) is 36.4 Å². The van der Waals surface area contributed by atoms with Crippen LogP contribution in [0.25, 0.3) is 0 Å². The van der Waals surface area contributed by atoms with Crippen molar-refractivity contribution < 1.29 is 4.79 Å². The van der Waals surface area contributed by atoms with Gasteiger partial charge in [0, 0.05) is 44.7 Å². The quantitative estimate of drug-likeness (QED) is 0.883. The van der Waals surface area contributed by atoms with Gasteiger partial charge in [-0.05, 0) is 18.4 Å². The van der Waals surface area contributed by atoms with Crippen LogP contribution >= 0.6 is 0 Å². The van der Waals surface area contributed by atoms with Crippen LogP contribution in [0.4, 0.5) is 11.6 Å². The summed E-state index contributed by atoms with van der Waals surface area (Å²) in [6.07, 6.45) is 5.84. The third kappa shape index (κ3) is 4.63. The van der Waals surface area contributed by atoms with Gasteiger partial charge >= 0.3 is 0 Å². The lowest BCUT2D eigenvalue weighted by atomic mass is 10.1. The lowest BCUT2D eigenvalue weighted by Gasteiger charge is -2.35. The summed E-state index contributed by atoms with van der Waals surface area (Å²) in [6, 6.07) is 12.5. The van der Waals surface area contributed by atoms with Gasteiger partial charge in [-0.15, -0.1) is 0 Å². The van der Waals surface area contributed by atoms with Crippen LogP contribution in [0.2, 0.25) is 0 Å². The van der Waals surface area contributed by atoms with Crippen molar-refractivity contribution >= 4 is 17.5 Å². The molecule has 27 heavy (non-hydrogen) atoms. The number of amides is 1. The van der Waals surface area contributed by atoms with E-state index in [4.69, 9.17) is 0 Å². The molecular formula is C21H27N5O. The number of benzene rings is 1. The molecule has 1 N–H and O–H groups in total. The molecule has 1 aliphatic heterocycles. The Morgan fingerprint density at radius 1 is 1.04 bits per heavy atom. The molecule has 0 atom stereocenters. The Morgan fingerprint density at radius 2 is 1.78 bits per heavy atom. The highest BCUT2D eigenvalue weighted by atomic mass is 16.1. The molecule has 6 heteroatoms. The highest BCUT2D eigenvalue weighted by Crippen LogP contribution is 2.26. The second kappa shape index (κ2) is 8.48. The van der Waals surface area contributed by atoms with E-state index in [0.717, 1.165) is 64.2 Å². The van der Waals surface area contributed by atoms with Gasteiger partial charge in [0.25, 0.3) is 0 Å². The first-order valence-electron chi connectivity index (χ1n) is 9.92. The van der Waals surface area contributed by atoms with Crippen LogP contribution in [0.15, 0.2) is 42.7 Å². The summed E-state index contributed by atoms with van der Waals surface area (Å²) < 4.78 is 0. The number of aromatic nitrogens is 2. The monoisotopic (exact) mass is 365 g/mol. The van der Waals surface area contributed by atoms with Gasteiger partial charge in [0.1, 0.15) is 18.0 Å². The molecule has 4 rings (SSSR count). The van der Waals surface area contributed by atoms with Crippen molar-refractivity contribution in [2.45, 2.75) is 32.2 Å². The molecule has 1 amide bonds. The number of hydrogen-bond donors (Lipinski definition) is 1. The maximum Gasteiger partial charge on any atom is 0.228 e. The first-order valence-corrected chi connectivity index (χ1v) is 9.92. The highest BCUT2D eigenvalue weighted by molar-refractivity contribution is 5.92. The standard InChI is InChI=1S/C21H27N5O/c27-21(18-8-4-5-9-18)24-19-14-20(23-16-22-19)26-12-10-25(11-13-26)15-17-6-2-1-3-7-17/h1-3,6-7,14,16,18H,4-5,8-13,15H2,(H,22,23,24,27). The van der Waals surface area contributed by atoms with E-state index in [0.29, 0.717) is 5.82 Å². The van der Waals surface area contributed by atoms with Crippen LogP contribution in [0, 0.1) is 5.92 Å². The molecule has 6 nitrogen and oxygen atoms in total. The molecule has 1 saturated heterocycles. The predicted molar refractivity (Wildman–Crippen MR) is 107 cm³/mol. The van der Waals surface area contributed by atoms with E-state index in [9.17, 15) is 4.79 Å². The maximum absolute atomic E-state index is 12.3. The smallest absolute Gasteiger partial charge is 0.228 e. The summed E-state index contributed by atoms with van der Waals surface area (Å²) in [7, 11) is 0. The number of hydrogen-bond acceptors (Lipinski definition) is 5. The van der Waals surface area contributed by atoms with Gasteiger partial charge in [-0.1, -0.05) is 43.2 Å². The third-order valence-corrected chi connectivity index (χ3v) is 5.58. The molecule has 2 aliphatic rings. The molecule has 0 spiro atoms. The van der Waals surface area contributed by atoms with Crippen molar-refractivity contribution in [2.24, 2.45) is 5.92 Å². The van der Waals surface area contributed by atoms with Gasteiger partial charge in [0.2, 0.25) is 5.91 Å². The van der Waals surface area contributed by atoms with E-state index in [1.54, 1.807) is 6.33 Å².